The van der Waals surface area contributed by atoms with Crippen molar-refractivity contribution in [2.45, 2.75) is 71.3 Å². The number of hydrogen-bond acceptors (Lipinski definition) is 8. The molecule has 1 amide bonds. The van der Waals surface area contributed by atoms with Gasteiger partial charge in [-0.2, -0.15) is 0 Å². The monoisotopic (exact) mass is 625 g/mol. The predicted molar refractivity (Wildman–Crippen MR) is 178 cm³/mol. The van der Waals surface area contributed by atoms with E-state index in [0.717, 1.165) is 68.1 Å². The van der Waals surface area contributed by atoms with Crippen LogP contribution in [0.2, 0.25) is 0 Å². The molecule has 45 heavy (non-hydrogen) atoms. The number of anilines is 1. The number of nitrogens with one attached hydrogen (secondary N) is 2. The Kier molecular flexibility index (Phi) is 13.5. The summed E-state index contributed by atoms with van der Waals surface area (Å²) in [4.78, 5) is 15.0. The molecule has 1 unspecified atom stereocenters. The fourth-order valence-corrected chi connectivity index (χ4v) is 6.51. The molecule has 2 aliphatic rings. The number of piperidine rings is 1. The van der Waals surface area contributed by atoms with Crippen molar-refractivity contribution in [3.63, 3.8) is 0 Å². The Morgan fingerprint density at radius 2 is 1.87 bits per heavy atom. The number of fused-ring (bicyclic) bond motifs is 1. The number of rotatable bonds is 17. The van der Waals surface area contributed by atoms with Gasteiger partial charge in [-0.15, -0.1) is 0 Å². The van der Waals surface area contributed by atoms with E-state index >= 15 is 0 Å². The second kappa shape index (κ2) is 17.3. The van der Waals surface area contributed by atoms with Crippen molar-refractivity contribution in [1.29, 1.82) is 0 Å². The average molecular weight is 626 g/mol. The standard InChI is InChI=1S/C36H55N3O6/c1-26(22-42-6)23-43-24-27-8-11-29(12-9-27)31-19-30(20-36(2,3)35(40)37-4)38-21-34(31)45-25-28-10-13-33-32(18-28)39(15-17-44-33)14-7-16-41-5/h8-13,18,26,30-31,34,38H,7,14-17,19-25H2,1-6H3,(H,37,40)/t26-,30?,31-,34+/m1/s1. The highest BCUT2D eigenvalue weighted by atomic mass is 16.5. The number of methoxy groups -OCH3 is 2. The first-order chi connectivity index (χ1) is 21.7. The van der Waals surface area contributed by atoms with Crippen LogP contribution in [0.4, 0.5) is 5.69 Å². The van der Waals surface area contributed by atoms with Gasteiger partial charge in [-0.3, -0.25) is 4.79 Å². The first-order valence-electron chi connectivity index (χ1n) is 16.5. The molecule has 0 saturated carbocycles. The summed E-state index contributed by atoms with van der Waals surface area (Å²) in [6.07, 6.45) is 2.61. The predicted octanol–water partition coefficient (Wildman–Crippen LogP) is 4.91. The molecule has 9 heteroatoms. The lowest BCUT2D eigenvalue weighted by Gasteiger charge is -2.40. The Labute approximate surface area is 270 Å². The summed E-state index contributed by atoms with van der Waals surface area (Å²) in [5.74, 6) is 1.55. The lowest BCUT2D eigenvalue weighted by molar-refractivity contribution is -0.129. The van der Waals surface area contributed by atoms with Gasteiger partial charge in [-0.05, 0) is 48.1 Å². The zero-order chi connectivity index (χ0) is 32.2. The quantitative estimate of drug-likeness (QED) is 0.240. The van der Waals surface area contributed by atoms with Gasteiger partial charge in [0.2, 0.25) is 5.91 Å². The van der Waals surface area contributed by atoms with E-state index in [9.17, 15) is 4.79 Å². The Hall–Kier alpha value is -2.69. The van der Waals surface area contributed by atoms with Crippen molar-refractivity contribution in [2.75, 3.05) is 72.2 Å². The van der Waals surface area contributed by atoms with Crippen LogP contribution >= 0.6 is 0 Å². The molecule has 0 aliphatic carbocycles. The molecular formula is C36H55N3O6. The van der Waals surface area contributed by atoms with E-state index in [2.05, 4.69) is 64.9 Å². The van der Waals surface area contributed by atoms with E-state index in [1.54, 1.807) is 21.3 Å². The number of nitrogens with zero attached hydrogens (tertiary/aromatic N) is 1. The number of carbonyl (C=O) groups excluding carboxylic acids is 1. The maximum absolute atomic E-state index is 12.6. The van der Waals surface area contributed by atoms with Gasteiger partial charge in [-0.1, -0.05) is 51.1 Å². The van der Waals surface area contributed by atoms with Gasteiger partial charge in [0.25, 0.3) is 0 Å². The highest BCUT2D eigenvalue weighted by Crippen LogP contribution is 2.36. The maximum Gasteiger partial charge on any atom is 0.225 e. The van der Waals surface area contributed by atoms with Crippen LogP contribution in [0, 0.1) is 11.3 Å². The summed E-state index contributed by atoms with van der Waals surface area (Å²) in [6, 6.07) is 15.4. The first kappa shape index (κ1) is 35.2. The highest BCUT2D eigenvalue weighted by molar-refractivity contribution is 5.81. The average Bonchev–Trinajstić information content (AvgIpc) is 3.04. The van der Waals surface area contributed by atoms with Crippen molar-refractivity contribution in [3.8, 4) is 5.75 Å². The normalized spacial score (nSPS) is 20.8. The van der Waals surface area contributed by atoms with Gasteiger partial charge in [0, 0.05) is 64.3 Å². The third-order valence-electron chi connectivity index (χ3n) is 8.95. The van der Waals surface area contributed by atoms with E-state index in [-0.39, 0.29) is 24.0 Å². The zero-order valence-electron chi connectivity index (χ0n) is 28.2. The summed E-state index contributed by atoms with van der Waals surface area (Å²) in [5.41, 5.74) is 4.20. The molecule has 0 spiro atoms. The van der Waals surface area contributed by atoms with Crippen LogP contribution in [-0.4, -0.2) is 85.4 Å². The van der Waals surface area contributed by atoms with Crippen LogP contribution in [0.15, 0.2) is 42.5 Å². The number of carbonyl (C=O) groups is 1. The highest BCUT2D eigenvalue weighted by Gasteiger charge is 2.37. The minimum atomic E-state index is -0.466. The largest absolute Gasteiger partial charge is 0.490 e. The van der Waals surface area contributed by atoms with Crippen LogP contribution in [0.5, 0.6) is 5.75 Å². The van der Waals surface area contributed by atoms with Crippen LogP contribution in [0.1, 0.15) is 62.6 Å². The molecule has 2 aliphatic heterocycles. The third kappa shape index (κ3) is 10.1. The summed E-state index contributed by atoms with van der Waals surface area (Å²) >= 11 is 0. The summed E-state index contributed by atoms with van der Waals surface area (Å²) in [5, 5.41) is 6.54. The Bertz CT molecular complexity index is 1190. The van der Waals surface area contributed by atoms with Gasteiger partial charge in [0.05, 0.1) is 44.8 Å². The van der Waals surface area contributed by atoms with Crippen LogP contribution < -0.4 is 20.3 Å². The number of hydrogen-bond donors (Lipinski definition) is 2. The molecular weight excluding hydrogens is 570 g/mol. The van der Waals surface area contributed by atoms with Crippen molar-refractivity contribution in [3.05, 3.63) is 59.2 Å². The molecule has 1 saturated heterocycles. The van der Waals surface area contributed by atoms with Gasteiger partial charge in [0.1, 0.15) is 12.4 Å². The minimum Gasteiger partial charge on any atom is -0.490 e. The second-order valence-corrected chi connectivity index (χ2v) is 13.3. The minimum absolute atomic E-state index is 0.00792. The van der Waals surface area contributed by atoms with E-state index in [1.165, 1.54) is 5.56 Å². The smallest absolute Gasteiger partial charge is 0.225 e. The molecule has 2 N–H and O–H groups in total. The molecule has 0 bridgehead atoms. The summed E-state index contributed by atoms with van der Waals surface area (Å²) in [6.45, 7) is 12.6. The Balaban J connectivity index is 1.45. The van der Waals surface area contributed by atoms with Crippen LogP contribution in [0.25, 0.3) is 0 Å². The van der Waals surface area contributed by atoms with Gasteiger partial charge in [-0.25, -0.2) is 0 Å². The van der Waals surface area contributed by atoms with E-state index in [1.807, 2.05) is 13.8 Å². The van der Waals surface area contributed by atoms with Gasteiger partial charge in [0.15, 0.2) is 0 Å². The Morgan fingerprint density at radius 1 is 1.09 bits per heavy atom. The fourth-order valence-electron chi connectivity index (χ4n) is 6.51. The van der Waals surface area contributed by atoms with Gasteiger partial charge < -0.3 is 39.2 Å². The molecule has 1 fully saturated rings. The van der Waals surface area contributed by atoms with Crippen molar-refractivity contribution < 1.29 is 28.5 Å². The van der Waals surface area contributed by atoms with E-state index in [4.69, 9.17) is 23.7 Å². The molecule has 2 heterocycles. The van der Waals surface area contributed by atoms with Crippen molar-refractivity contribution in [2.24, 2.45) is 11.3 Å². The molecule has 4 rings (SSSR count). The number of amides is 1. The lowest BCUT2D eigenvalue weighted by atomic mass is 9.77. The summed E-state index contributed by atoms with van der Waals surface area (Å²) < 4.78 is 29.1. The molecule has 2 aromatic carbocycles. The number of ether oxygens (including phenoxy) is 5. The second-order valence-electron chi connectivity index (χ2n) is 13.3. The maximum atomic E-state index is 12.6. The third-order valence-corrected chi connectivity index (χ3v) is 8.95. The first-order valence-corrected chi connectivity index (χ1v) is 16.5. The molecule has 0 radical (unpaired) electrons. The van der Waals surface area contributed by atoms with Crippen molar-refractivity contribution >= 4 is 11.6 Å². The topological polar surface area (TPSA) is 90.5 Å². The molecule has 0 aromatic heterocycles. The van der Waals surface area contributed by atoms with Gasteiger partial charge >= 0.3 is 0 Å². The van der Waals surface area contributed by atoms with E-state index in [0.29, 0.717) is 39.0 Å². The van der Waals surface area contributed by atoms with Crippen molar-refractivity contribution in [1.82, 2.24) is 10.6 Å². The van der Waals surface area contributed by atoms with Crippen LogP contribution in [-0.2, 0) is 37.0 Å². The van der Waals surface area contributed by atoms with E-state index < -0.39 is 5.41 Å². The molecule has 4 atom stereocenters. The zero-order valence-corrected chi connectivity index (χ0v) is 28.2. The number of benzene rings is 2. The van der Waals surface area contributed by atoms with Crippen LogP contribution in [0.3, 0.4) is 0 Å². The fraction of sp³-hybridized carbons (Fsp3) is 0.639. The Morgan fingerprint density at radius 3 is 2.60 bits per heavy atom. The molecule has 250 valence electrons. The summed E-state index contributed by atoms with van der Waals surface area (Å²) in [7, 11) is 5.18. The lowest BCUT2D eigenvalue weighted by Crippen LogP contribution is -2.50. The molecule has 9 nitrogen and oxygen atoms in total. The molecule has 2 aromatic rings. The SMILES string of the molecule is CNC(=O)C(C)(C)CC1C[C@H](c2ccc(COC[C@H](C)COC)cc2)[C@@H](OCc2ccc3c(c2)N(CCCOC)CCO3)CN1.